The predicted molar refractivity (Wildman–Crippen MR) is 71.0 cm³/mol. The molecule has 0 radical (unpaired) electrons. The van der Waals surface area contributed by atoms with E-state index in [-0.39, 0.29) is 17.5 Å². The van der Waals surface area contributed by atoms with Gasteiger partial charge in [0.1, 0.15) is 5.69 Å². The van der Waals surface area contributed by atoms with Crippen molar-refractivity contribution in [2.24, 2.45) is 5.92 Å². The molecule has 0 saturated heterocycles. The molecule has 1 saturated carbocycles. The molecule has 100 valence electrons. The average Bonchev–Trinajstić information content (AvgIpc) is 2.75. The summed E-state index contributed by atoms with van der Waals surface area (Å²) in [6.45, 7) is 0. The number of nitrogens with zero attached hydrogens (tertiary/aromatic N) is 1. The maximum atomic E-state index is 12.2. The van der Waals surface area contributed by atoms with E-state index in [9.17, 15) is 14.9 Å². The lowest BCUT2D eigenvalue weighted by Gasteiger charge is -2.26. The summed E-state index contributed by atoms with van der Waals surface area (Å²) >= 11 is 0. The van der Waals surface area contributed by atoms with Crippen LogP contribution in [0, 0.1) is 16.0 Å². The minimum absolute atomic E-state index is 0.00385. The lowest BCUT2D eigenvalue weighted by Crippen LogP contribution is -2.22. The summed E-state index contributed by atoms with van der Waals surface area (Å²) in [6.07, 6.45) is 5.62. The van der Waals surface area contributed by atoms with Gasteiger partial charge in [-0.05, 0) is 24.3 Å². The van der Waals surface area contributed by atoms with Crippen LogP contribution in [0.5, 0.6) is 0 Å². The van der Waals surface area contributed by atoms with Crippen molar-refractivity contribution in [2.75, 3.05) is 5.32 Å². The van der Waals surface area contributed by atoms with Crippen molar-refractivity contribution in [1.82, 2.24) is 0 Å². The molecule has 19 heavy (non-hydrogen) atoms. The Morgan fingerprint density at radius 1 is 1.21 bits per heavy atom. The average molecular weight is 260 g/mol. The van der Waals surface area contributed by atoms with E-state index in [0.29, 0.717) is 11.6 Å². The highest BCUT2D eigenvalue weighted by Gasteiger charge is 2.40. The summed E-state index contributed by atoms with van der Waals surface area (Å²) in [5, 5.41) is 13.7. The molecule has 1 heterocycles. The number of hydrogen-bond acceptors (Lipinski definition) is 3. The molecular formula is C14H16N2O3. The number of hydrogen-bond donors (Lipinski definition) is 1. The highest BCUT2D eigenvalue weighted by atomic mass is 16.6. The van der Waals surface area contributed by atoms with Crippen LogP contribution in [-0.2, 0) is 4.79 Å². The highest BCUT2D eigenvalue weighted by Crippen LogP contribution is 2.46. The molecule has 3 rings (SSSR count). The summed E-state index contributed by atoms with van der Waals surface area (Å²) in [6, 6.07) is 4.97. The van der Waals surface area contributed by atoms with Gasteiger partial charge < -0.3 is 5.32 Å². The van der Waals surface area contributed by atoms with E-state index in [1.807, 2.05) is 6.07 Å². The number of fused-ring (bicyclic) bond motifs is 1. The van der Waals surface area contributed by atoms with Gasteiger partial charge >= 0.3 is 0 Å². The Labute approximate surface area is 111 Å². The van der Waals surface area contributed by atoms with Gasteiger partial charge in [-0.2, -0.15) is 0 Å². The Bertz CT molecular complexity index is 535. The number of amides is 1. The molecule has 5 heteroatoms. The Kier molecular flexibility index (Phi) is 2.97. The van der Waals surface area contributed by atoms with Crippen molar-refractivity contribution in [1.29, 1.82) is 0 Å². The maximum absolute atomic E-state index is 12.2. The van der Waals surface area contributed by atoms with Crippen molar-refractivity contribution < 1.29 is 9.72 Å². The fraction of sp³-hybridized carbons (Fsp3) is 0.500. The molecule has 1 N–H and O–H groups in total. The molecule has 1 aromatic carbocycles. The van der Waals surface area contributed by atoms with Crippen LogP contribution in [0.1, 0.15) is 43.6 Å². The van der Waals surface area contributed by atoms with Gasteiger partial charge in [-0.3, -0.25) is 14.9 Å². The third kappa shape index (κ3) is 1.99. The SMILES string of the molecule is O=C1Nc2c(cccc2[N+](=O)[O-])C1C1CCCCC1. The van der Waals surface area contributed by atoms with Gasteiger partial charge in [0, 0.05) is 6.07 Å². The van der Waals surface area contributed by atoms with Crippen molar-refractivity contribution in [3.05, 3.63) is 33.9 Å². The zero-order valence-corrected chi connectivity index (χ0v) is 10.6. The Morgan fingerprint density at radius 3 is 2.63 bits per heavy atom. The number of benzene rings is 1. The van der Waals surface area contributed by atoms with Gasteiger partial charge in [0.15, 0.2) is 0 Å². The van der Waals surface area contributed by atoms with E-state index in [1.165, 1.54) is 12.5 Å². The van der Waals surface area contributed by atoms with Gasteiger partial charge in [0.25, 0.3) is 5.69 Å². The monoisotopic (exact) mass is 260 g/mol. The standard InChI is InChI=1S/C14H16N2O3/c17-14-12(9-5-2-1-3-6-9)10-7-4-8-11(16(18)19)13(10)15-14/h4,7-9,12H,1-3,5-6H2,(H,15,17). The van der Waals surface area contributed by atoms with E-state index >= 15 is 0 Å². The van der Waals surface area contributed by atoms with Crippen LogP contribution in [0.3, 0.4) is 0 Å². The number of nitro benzene ring substituents is 1. The van der Waals surface area contributed by atoms with E-state index in [2.05, 4.69) is 5.32 Å². The van der Waals surface area contributed by atoms with Crippen LogP contribution < -0.4 is 5.32 Å². The fourth-order valence-electron chi connectivity index (χ4n) is 3.38. The summed E-state index contributed by atoms with van der Waals surface area (Å²) < 4.78 is 0. The molecule has 0 aromatic heterocycles. The molecule has 1 amide bonds. The van der Waals surface area contributed by atoms with E-state index in [0.717, 1.165) is 31.2 Å². The number of anilines is 1. The van der Waals surface area contributed by atoms with Crippen LogP contribution >= 0.6 is 0 Å². The number of rotatable bonds is 2. The lowest BCUT2D eigenvalue weighted by molar-refractivity contribution is -0.383. The van der Waals surface area contributed by atoms with Gasteiger partial charge in [0.05, 0.1) is 10.8 Å². The molecule has 0 spiro atoms. The first-order chi connectivity index (χ1) is 9.18. The smallest absolute Gasteiger partial charge is 0.293 e. The van der Waals surface area contributed by atoms with Crippen molar-refractivity contribution in [3.63, 3.8) is 0 Å². The van der Waals surface area contributed by atoms with Crippen molar-refractivity contribution in [2.45, 2.75) is 38.0 Å². The Balaban J connectivity index is 2.00. The third-order valence-electron chi connectivity index (χ3n) is 4.26. The van der Waals surface area contributed by atoms with Crippen LogP contribution in [-0.4, -0.2) is 10.8 Å². The predicted octanol–water partition coefficient (Wildman–Crippen LogP) is 3.21. The fourth-order valence-corrected chi connectivity index (χ4v) is 3.38. The van der Waals surface area contributed by atoms with Crippen LogP contribution in [0.25, 0.3) is 0 Å². The zero-order valence-electron chi connectivity index (χ0n) is 10.6. The first-order valence-corrected chi connectivity index (χ1v) is 6.76. The molecule has 2 aliphatic rings. The molecule has 1 fully saturated rings. The van der Waals surface area contributed by atoms with Gasteiger partial charge in [-0.25, -0.2) is 0 Å². The summed E-state index contributed by atoms with van der Waals surface area (Å²) in [7, 11) is 0. The van der Waals surface area contributed by atoms with Crippen molar-refractivity contribution >= 4 is 17.3 Å². The van der Waals surface area contributed by atoms with E-state index in [4.69, 9.17) is 0 Å². The first-order valence-electron chi connectivity index (χ1n) is 6.76. The number of nitrogens with one attached hydrogen (secondary N) is 1. The number of carbonyl (C=O) groups is 1. The van der Waals surface area contributed by atoms with E-state index < -0.39 is 4.92 Å². The molecule has 1 aliphatic heterocycles. The van der Waals surface area contributed by atoms with Crippen LogP contribution in [0.15, 0.2) is 18.2 Å². The summed E-state index contributed by atoms with van der Waals surface area (Å²) in [4.78, 5) is 22.7. The zero-order chi connectivity index (χ0) is 13.4. The first kappa shape index (κ1) is 12.1. The van der Waals surface area contributed by atoms with Crippen LogP contribution in [0.2, 0.25) is 0 Å². The quantitative estimate of drug-likeness (QED) is 0.655. The number of carbonyl (C=O) groups excluding carboxylic acids is 1. The van der Waals surface area contributed by atoms with Gasteiger partial charge in [-0.1, -0.05) is 31.4 Å². The number of para-hydroxylation sites is 1. The largest absolute Gasteiger partial charge is 0.320 e. The third-order valence-corrected chi connectivity index (χ3v) is 4.26. The maximum Gasteiger partial charge on any atom is 0.293 e. The van der Waals surface area contributed by atoms with Gasteiger partial charge in [0.2, 0.25) is 5.91 Å². The second-order valence-electron chi connectivity index (χ2n) is 5.36. The molecule has 1 atom stereocenters. The lowest BCUT2D eigenvalue weighted by atomic mass is 9.77. The normalized spacial score (nSPS) is 22.9. The van der Waals surface area contributed by atoms with Crippen LogP contribution in [0.4, 0.5) is 11.4 Å². The van der Waals surface area contributed by atoms with E-state index in [1.54, 1.807) is 6.07 Å². The number of nitro groups is 1. The Hall–Kier alpha value is -1.91. The van der Waals surface area contributed by atoms with Gasteiger partial charge in [-0.15, -0.1) is 0 Å². The molecule has 1 aromatic rings. The molecule has 1 aliphatic carbocycles. The second-order valence-corrected chi connectivity index (χ2v) is 5.36. The highest BCUT2D eigenvalue weighted by molar-refractivity contribution is 6.05. The minimum Gasteiger partial charge on any atom is -0.320 e. The molecular weight excluding hydrogens is 244 g/mol. The van der Waals surface area contributed by atoms with Crippen molar-refractivity contribution in [3.8, 4) is 0 Å². The second kappa shape index (κ2) is 4.64. The molecule has 0 bridgehead atoms. The topological polar surface area (TPSA) is 72.2 Å². The summed E-state index contributed by atoms with van der Waals surface area (Å²) in [5.74, 6) is 0.0587. The summed E-state index contributed by atoms with van der Waals surface area (Å²) in [5.41, 5.74) is 1.23. The molecule has 5 nitrogen and oxygen atoms in total. The molecule has 1 unspecified atom stereocenters. The Morgan fingerprint density at radius 2 is 1.95 bits per heavy atom. The minimum atomic E-state index is -0.428.